The average molecular weight is 521 g/mol. The van der Waals surface area contributed by atoms with E-state index in [2.05, 4.69) is 19.1 Å². The molecule has 9 heteroatoms. The summed E-state index contributed by atoms with van der Waals surface area (Å²) in [6, 6.07) is 0. The Kier molecular flexibility index (Phi) is 6.58. The number of esters is 1. The quantitative estimate of drug-likeness (QED) is 0.428. The molecule has 9 nitrogen and oxygen atoms in total. The number of aliphatic hydroxyl groups is 2. The molecule has 0 aromatic heterocycles. The van der Waals surface area contributed by atoms with E-state index in [-0.39, 0.29) is 54.1 Å². The molecule has 0 bridgehead atoms. The van der Waals surface area contributed by atoms with Crippen molar-refractivity contribution in [2.45, 2.75) is 108 Å². The molecular weight excluding hydrogens is 480 g/mol. The Bertz CT molecular complexity index is 979. The van der Waals surface area contributed by atoms with Crippen LogP contribution in [0.15, 0.2) is 23.3 Å². The van der Waals surface area contributed by atoms with E-state index in [4.69, 9.17) is 28.4 Å². The van der Waals surface area contributed by atoms with Crippen LogP contribution in [0, 0.1) is 23.2 Å². The van der Waals surface area contributed by atoms with Gasteiger partial charge in [0.2, 0.25) is 0 Å². The van der Waals surface area contributed by atoms with Crippen molar-refractivity contribution in [2.75, 3.05) is 13.7 Å². The molecule has 2 aliphatic carbocycles. The third-order valence-electron chi connectivity index (χ3n) is 10.0. The molecule has 0 amide bonds. The van der Waals surface area contributed by atoms with Gasteiger partial charge in [0.25, 0.3) is 0 Å². The molecule has 0 unspecified atom stereocenters. The third-order valence-corrected chi connectivity index (χ3v) is 10.0. The van der Waals surface area contributed by atoms with Crippen molar-refractivity contribution in [3.05, 3.63) is 23.3 Å². The van der Waals surface area contributed by atoms with Crippen LogP contribution in [0.5, 0.6) is 0 Å². The van der Waals surface area contributed by atoms with E-state index in [1.54, 1.807) is 7.11 Å². The lowest BCUT2D eigenvalue weighted by atomic mass is 9.55. The molecular formula is C28H40O9. The highest BCUT2D eigenvalue weighted by atomic mass is 16.8. The lowest BCUT2D eigenvalue weighted by Crippen LogP contribution is -2.50. The Morgan fingerprint density at radius 2 is 1.97 bits per heavy atom. The van der Waals surface area contributed by atoms with Crippen molar-refractivity contribution in [2.24, 2.45) is 23.2 Å². The average Bonchev–Trinajstić information content (AvgIpc) is 3.31. The zero-order valence-corrected chi connectivity index (χ0v) is 22.1. The smallest absolute Gasteiger partial charge is 0.309 e. The van der Waals surface area contributed by atoms with Gasteiger partial charge in [-0.15, -0.1) is 0 Å². The zero-order valence-electron chi connectivity index (χ0n) is 22.1. The summed E-state index contributed by atoms with van der Waals surface area (Å²) in [7, 11) is 1.60. The predicted molar refractivity (Wildman–Crippen MR) is 130 cm³/mol. The molecule has 1 saturated carbocycles. The van der Waals surface area contributed by atoms with Gasteiger partial charge in [-0.25, -0.2) is 0 Å². The summed E-state index contributed by atoms with van der Waals surface area (Å²) in [4.78, 5) is 13.5. The van der Waals surface area contributed by atoms with Crippen molar-refractivity contribution in [3.8, 4) is 0 Å². The molecule has 37 heavy (non-hydrogen) atoms. The fraction of sp³-hybridized carbons (Fsp3) is 0.821. The number of fused-ring (bicyclic) bond motifs is 3. The number of hydrogen-bond donors (Lipinski definition) is 2. The van der Waals surface area contributed by atoms with E-state index in [9.17, 15) is 15.0 Å². The lowest BCUT2D eigenvalue weighted by molar-refractivity contribution is -0.265. The Hall–Kier alpha value is -1.33. The second-order valence-electron chi connectivity index (χ2n) is 12.1. The number of hydrogen-bond acceptors (Lipinski definition) is 9. The Morgan fingerprint density at radius 3 is 2.76 bits per heavy atom. The predicted octanol–water partition coefficient (Wildman–Crippen LogP) is 2.59. The van der Waals surface area contributed by atoms with Crippen LogP contribution in [-0.4, -0.2) is 78.8 Å². The first-order valence-electron chi connectivity index (χ1n) is 13.7. The number of carbonyl (C=O) groups is 1. The molecule has 206 valence electrons. The summed E-state index contributed by atoms with van der Waals surface area (Å²) < 4.78 is 35.4. The van der Waals surface area contributed by atoms with E-state index in [0.29, 0.717) is 19.3 Å². The summed E-state index contributed by atoms with van der Waals surface area (Å²) in [6.07, 6.45) is 5.39. The minimum Gasteiger partial charge on any atom is -0.459 e. The van der Waals surface area contributed by atoms with Gasteiger partial charge in [-0.1, -0.05) is 24.6 Å². The topological polar surface area (TPSA) is 113 Å². The van der Waals surface area contributed by atoms with E-state index < -0.39 is 30.6 Å². The van der Waals surface area contributed by atoms with Crippen LogP contribution in [0.1, 0.15) is 59.3 Å². The molecule has 6 rings (SSSR count). The highest BCUT2D eigenvalue weighted by Gasteiger charge is 2.60. The molecule has 0 radical (unpaired) electrons. The molecule has 2 N–H and O–H groups in total. The third kappa shape index (κ3) is 4.22. The van der Waals surface area contributed by atoms with Gasteiger partial charge < -0.3 is 38.6 Å². The Morgan fingerprint density at radius 1 is 1.16 bits per heavy atom. The highest BCUT2D eigenvalue weighted by Crippen LogP contribution is 2.56. The van der Waals surface area contributed by atoms with E-state index in [1.807, 2.05) is 13.8 Å². The number of ether oxygens (including phenoxy) is 6. The maximum absolute atomic E-state index is 13.5. The molecule has 0 spiro atoms. The summed E-state index contributed by atoms with van der Waals surface area (Å²) in [5, 5.41) is 20.9. The second-order valence-corrected chi connectivity index (χ2v) is 12.1. The number of carbonyl (C=O) groups excluding carboxylic acids is 1. The van der Waals surface area contributed by atoms with Crippen molar-refractivity contribution in [3.63, 3.8) is 0 Å². The molecule has 0 aromatic rings. The SMILES string of the molecule is CO[C@@H]1C[C@H](O[C@H]2CC[C@@]3(C)C(=CC[C@H]4C(=O)O[C@@H]5CO[C@]6(C)O[C@@H](O)/C(=C/C[C@@H]43)[C@H]56)C2)O[C@H](C)[C@H]1O. The van der Waals surface area contributed by atoms with Crippen molar-refractivity contribution < 1.29 is 43.4 Å². The molecule has 4 heterocycles. The molecule has 12 atom stereocenters. The van der Waals surface area contributed by atoms with Gasteiger partial charge in [0, 0.05) is 13.5 Å². The first-order chi connectivity index (χ1) is 17.6. The van der Waals surface area contributed by atoms with Gasteiger partial charge in [-0.05, 0) is 62.9 Å². The molecule has 4 aliphatic heterocycles. The number of methoxy groups -OCH3 is 1. The fourth-order valence-corrected chi connectivity index (χ4v) is 7.83. The van der Waals surface area contributed by atoms with Gasteiger partial charge >= 0.3 is 5.97 Å². The maximum Gasteiger partial charge on any atom is 0.309 e. The fourth-order valence-electron chi connectivity index (χ4n) is 7.83. The lowest BCUT2D eigenvalue weighted by Gasteiger charge is -2.50. The molecule has 6 aliphatic rings. The van der Waals surface area contributed by atoms with Crippen LogP contribution in [0.25, 0.3) is 0 Å². The van der Waals surface area contributed by atoms with Gasteiger partial charge in [0.1, 0.15) is 12.2 Å². The number of rotatable bonds is 3. The van der Waals surface area contributed by atoms with Crippen molar-refractivity contribution >= 4 is 5.97 Å². The largest absolute Gasteiger partial charge is 0.459 e. The number of allylic oxidation sites excluding steroid dienone is 2. The van der Waals surface area contributed by atoms with Crippen LogP contribution in [0.2, 0.25) is 0 Å². The molecule has 4 fully saturated rings. The van der Waals surface area contributed by atoms with E-state index in [0.717, 1.165) is 24.8 Å². The standard InChI is InChI=1S/C28H40O9/c1-14-24(29)20(32-4)12-22(34-14)35-16-9-10-27(2)15(11-16)5-6-17-19(27)8-7-18-23-21(36-25(17)30)13-33-28(23,3)37-26(18)31/h5,7,14,16-17,19-24,26,29,31H,6,8-13H2,1-4H3/b18-7+/t14-,16+,17-,19+,20-,21-,22+,23-,24-,26-,27+,28-/m1/s1. The highest BCUT2D eigenvalue weighted by molar-refractivity contribution is 5.74. The van der Waals surface area contributed by atoms with E-state index in [1.165, 1.54) is 5.57 Å². The maximum atomic E-state index is 13.5. The van der Waals surface area contributed by atoms with Crippen molar-refractivity contribution in [1.82, 2.24) is 0 Å². The van der Waals surface area contributed by atoms with Gasteiger partial charge in [-0.2, -0.15) is 0 Å². The van der Waals surface area contributed by atoms with Crippen LogP contribution in [0.3, 0.4) is 0 Å². The van der Waals surface area contributed by atoms with Crippen LogP contribution in [-0.2, 0) is 33.2 Å². The van der Waals surface area contributed by atoms with Gasteiger partial charge in [-0.3, -0.25) is 4.79 Å². The van der Waals surface area contributed by atoms with Gasteiger partial charge in [0.15, 0.2) is 18.4 Å². The summed E-state index contributed by atoms with van der Waals surface area (Å²) in [5.41, 5.74) is 1.92. The summed E-state index contributed by atoms with van der Waals surface area (Å²) >= 11 is 0. The minimum atomic E-state index is -1.05. The Balaban J connectivity index is 1.21. The normalized spacial score (nSPS) is 52.9. The Labute approximate surface area is 218 Å². The summed E-state index contributed by atoms with van der Waals surface area (Å²) in [5.74, 6) is -1.61. The molecule has 3 saturated heterocycles. The van der Waals surface area contributed by atoms with Crippen molar-refractivity contribution in [1.29, 1.82) is 0 Å². The van der Waals surface area contributed by atoms with Crippen LogP contribution >= 0.6 is 0 Å². The number of aliphatic hydroxyl groups excluding tert-OH is 2. The van der Waals surface area contributed by atoms with Crippen LogP contribution < -0.4 is 0 Å². The van der Waals surface area contributed by atoms with Crippen LogP contribution in [0.4, 0.5) is 0 Å². The first-order valence-corrected chi connectivity index (χ1v) is 13.7. The zero-order chi connectivity index (χ0) is 26.1. The monoisotopic (exact) mass is 520 g/mol. The second kappa shape index (κ2) is 9.40. The van der Waals surface area contributed by atoms with E-state index >= 15 is 0 Å². The minimum absolute atomic E-state index is 0.00438. The summed E-state index contributed by atoms with van der Waals surface area (Å²) in [6.45, 7) is 6.19. The van der Waals surface area contributed by atoms with Gasteiger partial charge in [0.05, 0.1) is 36.8 Å². The molecule has 0 aromatic carbocycles. The first kappa shape index (κ1) is 25.9.